The van der Waals surface area contributed by atoms with Crippen molar-refractivity contribution in [1.82, 2.24) is 19.7 Å². The van der Waals surface area contributed by atoms with Crippen molar-refractivity contribution in [2.24, 2.45) is 0 Å². The zero-order valence-corrected chi connectivity index (χ0v) is 13.7. The van der Waals surface area contributed by atoms with Gasteiger partial charge in [0.05, 0.1) is 10.9 Å². The summed E-state index contributed by atoms with van der Waals surface area (Å²) >= 11 is 1.25. The Hall–Kier alpha value is -2.87. The van der Waals surface area contributed by atoms with Crippen LogP contribution >= 0.6 is 11.8 Å². The van der Waals surface area contributed by atoms with Gasteiger partial charge in [-0.3, -0.25) is 14.7 Å². The minimum absolute atomic E-state index is 0.242. The van der Waals surface area contributed by atoms with Gasteiger partial charge >= 0.3 is 0 Å². The average molecular weight is 341 g/mol. The summed E-state index contributed by atoms with van der Waals surface area (Å²) in [4.78, 5) is 32.4. The largest absolute Gasteiger partial charge is 0.310 e. The molecular weight excluding hydrogens is 326 g/mol. The lowest BCUT2D eigenvalue weighted by atomic mass is 10.3. The molecule has 1 aromatic carbocycles. The normalized spacial score (nSPS) is 11.9. The van der Waals surface area contributed by atoms with Crippen molar-refractivity contribution in [2.75, 3.05) is 5.32 Å². The molecule has 0 bridgehead atoms. The van der Waals surface area contributed by atoms with E-state index < -0.39 is 5.25 Å². The highest BCUT2D eigenvalue weighted by Gasteiger charge is 2.17. The van der Waals surface area contributed by atoms with Gasteiger partial charge in [-0.25, -0.2) is 14.6 Å². The second kappa shape index (κ2) is 7.14. The lowest BCUT2D eigenvalue weighted by Crippen LogP contribution is -2.23. The molecule has 3 aromatic rings. The third-order valence-corrected chi connectivity index (χ3v) is 4.18. The van der Waals surface area contributed by atoms with Gasteiger partial charge < -0.3 is 5.32 Å². The maximum atomic E-state index is 12.3. The van der Waals surface area contributed by atoms with E-state index in [-0.39, 0.29) is 11.5 Å². The van der Waals surface area contributed by atoms with Gasteiger partial charge in [-0.15, -0.1) is 0 Å². The van der Waals surface area contributed by atoms with Crippen LogP contribution in [0.1, 0.15) is 6.92 Å². The second-order valence-electron chi connectivity index (χ2n) is 4.96. The molecule has 0 saturated carbocycles. The van der Waals surface area contributed by atoms with E-state index in [4.69, 9.17) is 0 Å². The van der Waals surface area contributed by atoms with E-state index in [9.17, 15) is 9.59 Å². The van der Waals surface area contributed by atoms with E-state index in [0.717, 1.165) is 0 Å². The Morgan fingerprint density at radius 2 is 1.92 bits per heavy atom. The fraction of sp³-hybridized carbons (Fsp3) is 0.125. The van der Waals surface area contributed by atoms with Crippen molar-refractivity contribution in [3.05, 3.63) is 65.2 Å². The van der Waals surface area contributed by atoms with Crippen molar-refractivity contribution in [1.29, 1.82) is 0 Å². The number of carbonyl (C=O) groups excluding carboxylic acids is 1. The predicted octanol–water partition coefficient (Wildman–Crippen LogP) is 2.07. The van der Waals surface area contributed by atoms with Crippen LogP contribution in [-0.2, 0) is 4.79 Å². The number of rotatable bonds is 5. The molecule has 1 unspecified atom stereocenters. The molecule has 2 N–H and O–H groups in total. The summed E-state index contributed by atoms with van der Waals surface area (Å²) in [5.41, 5.74) is 0.450. The number of nitrogens with zero attached hydrogens (tertiary/aromatic N) is 3. The zero-order chi connectivity index (χ0) is 16.9. The number of H-pyrrole nitrogens is 1. The lowest BCUT2D eigenvalue weighted by molar-refractivity contribution is -0.115. The molecule has 1 atom stereocenters. The molecule has 3 rings (SSSR count). The number of hydrogen-bond acceptors (Lipinski definition) is 5. The Kier molecular flexibility index (Phi) is 4.76. The smallest absolute Gasteiger partial charge is 0.273 e. The van der Waals surface area contributed by atoms with E-state index in [1.54, 1.807) is 37.5 Å². The highest BCUT2D eigenvalue weighted by molar-refractivity contribution is 8.00. The quantitative estimate of drug-likeness (QED) is 0.547. The summed E-state index contributed by atoms with van der Waals surface area (Å²) in [5, 5.41) is 5.70. The first kappa shape index (κ1) is 16.0. The van der Waals surface area contributed by atoms with Gasteiger partial charge in [0.1, 0.15) is 5.82 Å². The monoisotopic (exact) mass is 341 g/mol. The number of benzene rings is 1. The van der Waals surface area contributed by atoms with Gasteiger partial charge in [-0.2, -0.15) is 0 Å². The third-order valence-electron chi connectivity index (χ3n) is 3.19. The molecule has 7 nitrogen and oxygen atoms in total. The van der Waals surface area contributed by atoms with Crippen LogP contribution in [0.2, 0.25) is 0 Å². The number of thioether (sulfide) groups is 1. The standard InChI is InChI=1S/C16H15N5O2S/c1-11(24-16-17-8-5-9-18-16)15(23)19-13-10-14(22)21(20-13)12-6-3-2-4-7-12/h2-11,20H,1H3,(H,19,23). The van der Waals surface area contributed by atoms with Gasteiger partial charge in [0.2, 0.25) is 5.91 Å². The van der Waals surface area contributed by atoms with Gasteiger partial charge in [-0.1, -0.05) is 30.0 Å². The Morgan fingerprint density at radius 3 is 2.62 bits per heavy atom. The van der Waals surface area contributed by atoms with Crippen LogP contribution in [0.3, 0.4) is 0 Å². The molecule has 0 aliphatic rings. The Bertz CT molecular complexity index is 876. The van der Waals surface area contributed by atoms with Crippen molar-refractivity contribution < 1.29 is 4.79 Å². The summed E-state index contributed by atoms with van der Waals surface area (Å²) in [7, 11) is 0. The Balaban J connectivity index is 1.70. The number of para-hydroxylation sites is 1. The maximum Gasteiger partial charge on any atom is 0.273 e. The number of aromatic amines is 1. The van der Waals surface area contributed by atoms with Crippen molar-refractivity contribution >= 4 is 23.5 Å². The number of amides is 1. The van der Waals surface area contributed by atoms with E-state index in [0.29, 0.717) is 16.7 Å². The van der Waals surface area contributed by atoms with E-state index in [1.165, 1.54) is 22.5 Å². The Morgan fingerprint density at radius 1 is 1.21 bits per heavy atom. The van der Waals surface area contributed by atoms with Gasteiger partial charge in [0, 0.05) is 18.5 Å². The molecule has 0 spiro atoms. The number of nitrogens with one attached hydrogen (secondary N) is 2. The second-order valence-corrected chi connectivity index (χ2v) is 6.27. The van der Waals surface area contributed by atoms with Crippen LogP contribution in [0.4, 0.5) is 5.82 Å². The van der Waals surface area contributed by atoms with E-state index in [2.05, 4.69) is 20.4 Å². The minimum atomic E-state index is -0.407. The number of anilines is 1. The lowest BCUT2D eigenvalue weighted by Gasteiger charge is -2.09. The van der Waals surface area contributed by atoms with Gasteiger partial charge in [-0.05, 0) is 25.1 Å². The van der Waals surface area contributed by atoms with Crippen LogP contribution in [0.25, 0.3) is 5.69 Å². The highest BCUT2D eigenvalue weighted by atomic mass is 32.2. The molecule has 0 aliphatic carbocycles. The summed E-state index contributed by atoms with van der Waals surface area (Å²) in [5.74, 6) is 0.101. The summed E-state index contributed by atoms with van der Waals surface area (Å²) in [6.45, 7) is 1.75. The first-order chi connectivity index (χ1) is 11.6. The SMILES string of the molecule is CC(Sc1ncccn1)C(=O)Nc1cc(=O)n(-c2ccccc2)[nH]1. The molecule has 24 heavy (non-hydrogen) atoms. The van der Waals surface area contributed by atoms with Crippen LogP contribution in [-0.4, -0.2) is 30.9 Å². The minimum Gasteiger partial charge on any atom is -0.310 e. The van der Waals surface area contributed by atoms with Crippen molar-refractivity contribution in [2.45, 2.75) is 17.3 Å². The molecule has 1 amide bonds. The summed E-state index contributed by atoms with van der Waals surface area (Å²) in [6.07, 6.45) is 3.24. The molecule has 0 fully saturated rings. The van der Waals surface area contributed by atoms with Gasteiger partial charge in [0.15, 0.2) is 5.16 Å². The maximum absolute atomic E-state index is 12.3. The van der Waals surface area contributed by atoms with E-state index >= 15 is 0 Å². The average Bonchev–Trinajstić information content (AvgIpc) is 2.97. The number of carbonyl (C=O) groups is 1. The molecular formula is C16H15N5O2S. The molecule has 0 radical (unpaired) electrons. The number of hydrogen-bond donors (Lipinski definition) is 2. The third kappa shape index (κ3) is 3.72. The fourth-order valence-corrected chi connectivity index (χ4v) is 2.75. The van der Waals surface area contributed by atoms with E-state index in [1.807, 2.05) is 18.2 Å². The fourth-order valence-electron chi connectivity index (χ4n) is 2.02. The van der Waals surface area contributed by atoms with Gasteiger partial charge in [0.25, 0.3) is 5.56 Å². The van der Waals surface area contributed by atoms with Crippen LogP contribution in [0.5, 0.6) is 0 Å². The van der Waals surface area contributed by atoms with Crippen LogP contribution in [0.15, 0.2) is 64.8 Å². The molecule has 2 aromatic heterocycles. The molecule has 0 saturated heterocycles. The summed E-state index contributed by atoms with van der Waals surface area (Å²) in [6, 6.07) is 12.2. The first-order valence-corrected chi connectivity index (χ1v) is 8.13. The summed E-state index contributed by atoms with van der Waals surface area (Å²) < 4.78 is 1.37. The van der Waals surface area contributed by atoms with Crippen LogP contribution in [0, 0.1) is 0 Å². The molecule has 2 heterocycles. The highest BCUT2D eigenvalue weighted by Crippen LogP contribution is 2.19. The number of aromatic nitrogens is 4. The van der Waals surface area contributed by atoms with Crippen LogP contribution < -0.4 is 10.9 Å². The molecule has 8 heteroatoms. The Labute approximate surface area is 142 Å². The predicted molar refractivity (Wildman–Crippen MR) is 92.4 cm³/mol. The van der Waals surface area contributed by atoms with Crippen molar-refractivity contribution in [3.63, 3.8) is 0 Å². The first-order valence-electron chi connectivity index (χ1n) is 7.25. The topological polar surface area (TPSA) is 92.7 Å². The molecule has 122 valence electrons. The molecule has 0 aliphatic heterocycles. The zero-order valence-electron chi connectivity index (χ0n) is 12.8. The van der Waals surface area contributed by atoms with Crippen molar-refractivity contribution in [3.8, 4) is 5.69 Å².